The molecule has 1 heterocycles. The first-order chi connectivity index (χ1) is 6.08. The molecule has 0 saturated carbocycles. The van der Waals surface area contributed by atoms with Gasteiger partial charge in [0.15, 0.2) is 0 Å². The van der Waals surface area contributed by atoms with Gasteiger partial charge in [-0.1, -0.05) is 5.92 Å². The lowest BCUT2D eigenvalue weighted by molar-refractivity contribution is -0.0238. The van der Waals surface area contributed by atoms with Gasteiger partial charge in [0.2, 0.25) is 0 Å². The van der Waals surface area contributed by atoms with E-state index < -0.39 is 0 Å². The summed E-state index contributed by atoms with van der Waals surface area (Å²) in [7, 11) is 0. The minimum absolute atomic E-state index is 0.0703. The van der Waals surface area contributed by atoms with Crippen LogP contribution in [0.15, 0.2) is 0 Å². The van der Waals surface area contributed by atoms with Gasteiger partial charge in [0, 0.05) is 12.2 Å². The minimum atomic E-state index is -0.0703. The molecule has 0 aliphatic carbocycles. The largest absolute Gasteiger partial charge is 0.359 e. The quantitative estimate of drug-likeness (QED) is 0.599. The van der Waals surface area contributed by atoms with Gasteiger partial charge >= 0.3 is 0 Å². The molecule has 1 nitrogen and oxygen atoms in total. The molecule has 0 aromatic heterocycles. The Kier molecular flexibility index (Phi) is 4.15. The summed E-state index contributed by atoms with van der Waals surface area (Å²) >= 11 is 1.95. The van der Waals surface area contributed by atoms with Crippen LogP contribution in [0.1, 0.15) is 33.6 Å². The standard InChI is InChI=1S/C11H18OS/c1-11(2,3)12-10-7-5-4-6-8-13-9-10/h10H,4,6,8-9H2,1-3H3. The van der Waals surface area contributed by atoms with Crippen molar-refractivity contribution in [2.24, 2.45) is 0 Å². The van der Waals surface area contributed by atoms with Crippen molar-refractivity contribution in [3.05, 3.63) is 0 Å². The van der Waals surface area contributed by atoms with Gasteiger partial charge < -0.3 is 4.74 Å². The second-order valence-electron chi connectivity index (χ2n) is 4.22. The number of hydrogen-bond acceptors (Lipinski definition) is 2. The van der Waals surface area contributed by atoms with Gasteiger partial charge in [0.25, 0.3) is 0 Å². The normalized spacial score (nSPS) is 24.1. The predicted molar refractivity (Wildman–Crippen MR) is 59.0 cm³/mol. The molecular weight excluding hydrogens is 180 g/mol. The van der Waals surface area contributed by atoms with Crippen LogP contribution >= 0.6 is 11.8 Å². The van der Waals surface area contributed by atoms with E-state index in [0.717, 1.165) is 12.2 Å². The third-order valence-corrected chi connectivity index (χ3v) is 2.73. The fourth-order valence-electron chi connectivity index (χ4n) is 1.17. The number of ether oxygens (including phenoxy) is 1. The molecule has 1 rings (SSSR count). The zero-order valence-corrected chi connectivity index (χ0v) is 9.54. The van der Waals surface area contributed by atoms with E-state index in [1.54, 1.807) is 0 Å². The van der Waals surface area contributed by atoms with E-state index in [-0.39, 0.29) is 11.7 Å². The van der Waals surface area contributed by atoms with Gasteiger partial charge in [0.1, 0.15) is 6.10 Å². The van der Waals surface area contributed by atoms with E-state index >= 15 is 0 Å². The predicted octanol–water partition coefficient (Wildman–Crippen LogP) is 2.70. The van der Waals surface area contributed by atoms with Gasteiger partial charge in [-0.25, -0.2) is 0 Å². The van der Waals surface area contributed by atoms with E-state index in [4.69, 9.17) is 4.74 Å². The number of rotatable bonds is 1. The molecule has 0 radical (unpaired) electrons. The zero-order valence-electron chi connectivity index (χ0n) is 8.72. The molecule has 0 fully saturated rings. The second kappa shape index (κ2) is 4.93. The third-order valence-electron chi connectivity index (χ3n) is 1.62. The van der Waals surface area contributed by atoms with Crippen molar-refractivity contribution in [2.75, 3.05) is 11.5 Å². The van der Waals surface area contributed by atoms with Gasteiger partial charge in [-0.05, 0) is 32.9 Å². The molecule has 0 bridgehead atoms. The Labute approximate surface area is 85.6 Å². The number of hydrogen-bond donors (Lipinski definition) is 0. The smallest absolute Gasteiger partial charge is 0.127 e. The molecule has 0 aromatic rings. The lowest BCUT2D eigenvalue weighted by Gasteiger charge is -2.24. The van der Waals surface area contributed by atoms with Crippen LogP contribution in [-0.2, 0) is 4.74 Å². The molecule has 13 heavy (non-hydrogen) atoms. The summed E-state index contributed by atoms with van der Waals surface area (Å²) in [4.78, 5) is 0. The molecule has 0 spiro atoms. The third kappa shape index (κ3) is 5.23. The Morgan fingerprint density at radius 3 is 2.85 bits per heavy atom. The van der Waals surface area contributed by atoms with Crippen molar-refractivity contribution in [1.29, 1.82) is 0 Å². The Morgan fingerprint density at radius 1 is 1.38 bits per heavy atom. The summed E-state index contributed by atoms with van der Waals surface area (Å²) in [6.07, 6.45) is 2.38. The molecule has 2 heteroatoms. The Balaban J connectivity index is 2.46. The van der Waals surface area contributed by atoms with Crippen LogP contribution in [0.5, 0.6) is 0 Å². The lowest BCUT2D eigenvalue weighted by Crippen LogP contribution is -2.28. The molecule has 0 N–H and O–H groups in total. The Hall–Kier alpha value is -0.130. The molecule has 1 unspecified atom stereocenters. The summed E-state index contributed by atoms with van der Waals surface area (Å²) in [5, 5.41) is 0. The van der Waals surface area contributed by atoms with Crippen molar-refractivity contribution in [3.63, 3.8) is 0 Å². The highest BCUT2D eigenvalue weighted by molar-refractivity contribution is 7.99. The summed E-state index contributed by atoms with van der Waals surface area (Å²) < 4.78 is 5.82. The van der Waals surface area contributed by atoms with E-state index in [9.17, 15) is 0 Å². The maximum absolute atomic E-state index is 5.82. The van der Waals surface area contributed by atoms with Crippen molar-refractivity contribution in [2.45, 2.75) is 45.3 Å². The molecule has 74 valence electrons. The van der Waals surface area contributed by atoms with E-state index in [0.29, 0.717) is 0 Å². The molecule has 1 aliphatic heterocycles. The van der Waals surface area contributed by atoms with Crippen LogP contribution < -0.4 is 0 Å². The average molecular weight is 198 g/mol. The average Bonchev–Trinajstić information content (AvgIpc) is 1.92. The van der Waals surface area contributed by atoms with Crippen molar-refractivity contribution >= 4 is 11.8 Å². The van der Waals surface area contributed by atoms with Gasteiger partial charge in [-0.2, -0.15) is 11.8 Å². The van der Waals surface area contributed by atoms with Crippen LogP contribution in [0.25, 0.3) is 0 Å². The van der Waals surface area contributed by atoms with Crippen molar-refractivity contribution in [1.82, 2.24) is 0 Å². The Morgan fingerprint density at radius 2 is 2.15 bits per heavy atom. The monoisotopic (exact) mass is 198 g/mol. The number of thioether (sulfide) groups is 1. The summed E-state index contributed by atoms with van der Waals surface area (Å²) in [6.45, 7) is 6.24. The zero-order chi connectivity index (χ0) is 9.73. The molecular formula is C11H18OS. The molecule has 0 saturated heterocycles. The highest BCUT2D eigenvalue weighted by atomic mass is 32.2. The van der Waals surface area contributed by atoms with Crippen LogP contribution in [-0.4, -0.2) is 23.2 Å². The van der Waals surface area contributed by atoms with E-state index in [1.165, 1.54) is 12.2 Å². The van der Waals surface area contributed by atoms with Crippen LogP contribution in [0, 0.1) is 11.8 Å². The van der Waals surface area contributed by atoms with E-state index in [1.807, 2.05) is 11.8 Å². The SMILES string of the molecule is CC(C)(C)OC1C#CCCCSC1. The van der Waals surface area contributed by atoms with Crippen molar-refractivity contribution in [3.8, 4) is 11.8 Å². The lowest BCUT2D eigenvalue weighted by atomic mass is 10.2. The molecule has 0 aromatic carbocycles. The first-order valence-electron chi connectivity index (χ1n) is 4.82. The topological polar surface area (TPSA) is 9.23 Å². The summed E-state index contributed by atoms with van der Waals surface area (Å²) in [5.74, 6) is 8.60. The maximum Gasteiger partial charge on any atom is 0.127 e. The van der Waals surface area contributed by atoms with Gasteiger partial charge in [-0.15, -0.1) is 5.92 Å². The first kappa shape index (κ1) is 10.9. The summed E-state index contributed by atoms with van der Waals surface area (Å²) in [5.41, 5.74) is -0.0703. The molecule has 1 atom stereocenters. The van der Waals surface area contributed by atoms with Crippen molar-refractivity contribution < 1.29 is 4.74 Å². The highest BCUT2D eigenvalue weighted by Crippen LogP contribution is 2.16. The first-order valence-corrected chi connectivity index (χ1v) is 5.97. The second-order valence-corrected chi connectivity index (χ2v) is 5.37. The molecule has 1 aliphatic rings. The fraction of sp³-hybridized carbons (Fsp3) is 0.818. The fourth-order valence-corrected chi connectivity index (χ4v) is 2.05. The van der Waals surface area contributed by atoms with Crippen LogP contribution in [0.2, 0.25) is 0 Å². The summed E-state index contributed by atoms with van der Waals surface area (Å²) in [6, 6.07) is 0. The van der Waals surface area contributed by atoms with Gasteiger partial charge in [0.05, 0.1) is 5.60 Å². The minimum Gasteiger partial charge on any atom is -0.359 e. The molecule has 0 amide bonds. The van der Waals surface area contributed by atoms with Gasteiger partial charge in [-0.3, -0.25) is 0 Å². The highest BCUT2D eigenvalue weighted by Gasteiger charge is 2.17. The Bertz CT molecular complexity index is 206. The maximum atomic E-state index is 5.82. The van der Waals surface area contributed by atoms with E-state index in [2.05, 4.69) is 32.6 Å². The van der Waals surface area contributed by atoms with Crippen LogP contribution in [0.3, 0.4) is 0 Å². The van der Waals surface area contributed by atoms with Crippen LogP contribution in [0.4, 0.5) is 0 Å².